The number of ether oxygens (including phenoxy) is 2. The van der Waals surface area contributed by atoms with Gasteiger partial charge in [-0.15, -0.1) is 0 Å². The number of hydrogen-bond acceptors (Lipinski definition) is 5. The highest BCUT2D eigenvalue weighted by atomic mass is 16.5. The summed E-state index contributed by atoms with van der Waals surface area (Å²) < 4.78 is 16.1. The van der Waals surface area contributed by atoms with Crippen LogP contribution in [0.3, 0.4) is 0 Å². The highest BCUT2D eigenvalue weighted by Crippen LogP contribution is 2.30. The van der Waals surface area contributed by atoms with Crippen LogP contribution in [0, 0.1) is 6.92 Å². The second-order valence-electron chi connectivity index (χ2n) is 5.09. The Bertz CT molecular complexity index is 666. The van der Waals surface area contributed by atoms with Gasteiger partial charge in [-0.25, -0.2) is 0 Å². The van der Waals surface area contributed by atoms with Crippen molar-refractivity contribution in [1.29, 1.82) is 0 Å². The second kappa shape index (κ2) is 7.67. The Labute approximate surface area is 135 Å². The fraction of sp³-hybridized carbons (Fsp3) is 0.412. The average molecular weight is 318 g/mol. The van der Waals surface area contributed by atoms with Crippen LogP contribution >= 0.6 is 0 Å². The maximum Gasteiger partial charge on any atom is 0.273 e. The number of amides is 1. The molecular formula is C17H22N2O4. The number of carbonyl (C=O) groups excluding carboxylic acids is 1. The molecule has 23 heavy (non-hydrogen) atoms. The van der Waals surface area contributed by atoms with Gasteiger partial charge in [0.15, 0.2) is 17.2 Å². The summed E-state index contributed by atoms with van der Waals surface area (Å²) in [5.74, 6) is 1.69. The minimum absolute atomic E-state index is 0.200. The molecule has 1 atom stereocenters. The maximum absolute atomic E-state index is 12.1. The number of nitrogens with one attached hydrogen (secondary N) is 1. The number of carbonyl (C=O) groups is 1. The predicted molar refractivity (Wildman–Crippen MR) is 85.9 cm³/mol. The third-order valence-electron chi connectivity index (χ3n) is 3.28. The van der Waals surface area contributed by atoms with Crippen molar-refractivity contribution < 1.29 is 18.8 Å². The van der Waals surface area contributed by atoms with E-state index in [4.69, 9.17) is 14.0 Å². The van der Waals surface area contributed by atoms with Crippen molar-refractivity contribution in [1.82, 2.24) is 10.5 Å². The van der Waals surface area contributed by atoms with Crippen LogP contribution in [0.15, 0.2) is 28.8 Å². The zero-order chi connectivity index (χ0) is 16.8. The van der Waals surface area contributed by atoms with E-state index in [2.05, 4.69) is 10.5 Å². The molecule has 2 aromatic rings. The van der Waals surface area contributed by atoms with E-state index in [0.717, 1.165) is 5.56 Å². The minimum Gasteiger partial charge on any atom is -0.490 e. The quantitative estimate of drug-likeness (QED) is 0.848. The monoisotopic (exact) mass is 318 g/mol. The summed E-state index contributed by atoms with van der Waals surface area (Å²) in [6.07, 6.45) is 0. The molecule has 6 heteroatoms. The Morgan fingerprint density at radius 2 is 1.91 bits per heavy atom. The van der Waals surface area contributed by atoms with Crippen LogP contribution in [-0.4, -0.2) is 24.3 Å². The van der Waals surface area contributed by atoms with Crippen LogP contribution in [-0.2, 0) is 0 Å². The van der Waals surface area contributed by atoms with Crippen LogP contribution < -0.4 is 14.8 Å². The minimum atomic E-state index is -0.277. The summed E-state index contributed by atoms with van der Waals surface area (Å²) >= 11 is 0. The zero-order valence-electron chi connectivity index (χ0n) is 13.9. The summed E-state index contributed by atoms with van der Waals surface area (Å²) in [6, 6.07) is 7.05. The third kappa shape index (κ3) is 4.25. The lowest BCUT2D eigenvalue weighted by Gasteiger charge is -2.17. The Morgan fingerprint density at radius 1 is 1.22 bits per heavy atom. The molecule has 0 fully saturated rings. The molecule has 0 aliphatic heterocycles. The molecule has 1 heterocycles. The molecule has 0 aliphatic carbocycles. The summed E-state index contributed by atoms with van der Waals surface area (Å²) in [5, 5.41) is 6.60. The second-order valence-corrected chi connectivity index (χ2v) is 5.09. The van der Waals surface area contributed by atoms with Gasteiger partial charge in [0.1, 0.15) is 5.76 Å². The SMILES string of the molecule is CCOc1ccc([C@@H](C)NC(=O)c2cc(C)on2)cc1OCC. The Morgan fingerprint density at radius 3 is 2.52 bits per heavy atom. The van der Waals surface area contributed by atoms with E-state index >= 15 is 0 Å². The normalized spacial score (nSPS) is 11.8. The van der Waals surface area contributed by atoms with Crippen molar-refractivity contribution in [2.75, 3.05) is 13.2 Å². The van der Waals surface area contributed by atoms with Crippen LogP contribution in [0.2, 0.25) is 0 Å². The molecule has 1 amide bonds. The topological polar surface area (TPSA) is 73.6 Å². The lowest BCUT2D eigenvalue weighted by atomic mass is 10.1. The van der Waals surface area contributed by atoms with E-state index in [1.165, 1.54) is 0 Å². The highest BCUT2D eigenvalue weighted by Gasteiger charge is 2.16. The van der Waals surface area contributed by atoms with Crippen LogP contribution in [0.5, 0.6) is 11.5 Å². The van der Waals surface area contributed by atoms with Crippen LogP contribution in [0.4, 0.5) is 0 Å². The summed E-state index contributed by atoms with van der Waals surface area (Å²) in [6.45, 7) is 8.59. The number of nitrogens with zero attached hydrogens (tertiary/aromatic N) is 1. The largest absolute Gasteiger partial charge is 0.490 e. The van der Waals surface area contributed by atoms with Gasteiger partial charge in [-0.2, -0.15) is 0 Å². The van der Waals surface area contributed by atoms with Crippen molar-refractivity contribution >= 4 is 5.91 Å². The molecule has 0 aliphatic rings. The van der Waals surface area contributed by atoms with Gasteiger partial charge in [0.2, 0.25) is 0 Å². The molecule has 0 unspecified atom stereocenters. The first kappa shape index (κ1) is 16.9. The smallest absolute Gasteiger partial charge is 0.273 e. The Kier molecular flexibility index (Phi) is 5.62. The third-order valence-corrected chi connectivity index (χ3v) is 3.28. The predicted octanol–water partition coefficient (Wildman–Crippen LogP) is 3.27. The van der Waals surface area contributed by atoms with E-state index < -0.39 is 0 Å². The number of aromatic nitrogens is 1. The molecule has 1 N–H and O–H groups in total. The maximum atomic E-state index is 12.1. The zero-order valence-corrected chi connectivity index (χ0v) is 13.9. The van der Waals surface area contributed by atoms with Crippen molar-refractivity contribution in [2.24, 2.45) is 0 Å². The van der Waals surface area contributed by atoms with Gasteiger partial charge < -0.3 is 19.3 Å². The van der Waals surface area contributed by atoms with Gasteiger partial charge in [-0.1, -0.05) is 11.2 Å². The number of hydrogen-bond donors (Lipinski definition) is 1. The van der Waals surface area contributed by atoms with Crippen molar-refractivity contribution in [3.05, 3.63) is 41.3 Å². The molecule has 0 spiro atoms. The first-order valence-electron chi connectivity index (χ1n) is 7.68. The van der Waals surface area contributed by atoms with E-state index in [1.54, 1.807) is 13.0 Å². The molecule has 1 aromatic carbocycles. The molecule has 1 aromatic heterocycles. The fourth-order valence-electron chi connectivity index (χ4n) is 2.16. The van der Waals surface area contributed by atoms with Gasteiger partial charge in [-0.3, -0.25) is 4.79 Å². The Balaban J connectivity index is 2.13. The summed E-state index contributed by atoms with van der Waals surface area (Å²) in [5.41, 5.74) is 1.19. The van der Waals surface area contributed by atoms with Crippen LogP contribution in [0.1, 0.15) is 48.6 Å². The fourth-order valence-corrected chi connectivity index (χ4v) is 2.16. The first-order chi connectivity index (χ1) is 11.0. The lowest BCUT2D eigenvalue weighted by Crippen LogP contribution is -2.26. The van der Waals surface area contributed by atoms with E-state index in [-0.39, 0.29) is 17.6 Å². The van der Waals surface area contributed by atoms with Crippen molar-refractivity contribution in [3.8, 4) is 11.5 Å². The van der Waals surface area contributed by atoms with Gasteiger partial charge in [0.25, 0.3) is 5.91 Å². The van der Waals surface area contributed by atoms with Gasteiger partial charge in [-0.05, 0) is 45.4 Å². The lowest BCUT2D eigenvalue weighted by molar-refractivity contribution is 0.0930. The number of rotatable bonds is 7. The number of aryl methyl sites for hydroxylation is 1. The molecule has 6 nitrogen and oxygen atoms in total. The van der Waals surface area contributed by atoms with E-state index in [1.807, 2.05) is 39.0 Å². The van der Waals surface area contributed by atoms with Gasteiger partial charge in [0, 0.05) is 6.07 Å². The molecule has 0 bridgehead atoms. The highest BCUT2D eigenvalue weighted by molar-refractivity contribution is 5.92. The van der Waals surface area contributed by atoms with E-state index in [0.29, 0.717) is 30.5 Å². The standard InChI is InChI=1S/C17H22N2O4/c1-5-21-15-8-7-13(10-16(15)22-6-2)12(4)18-17(20)14-9-11(3)23-19-14/h7-10,12H,5-6H2,1-4H3,(H,18,20)/t12-/m1/s1. The van der Waals surface area contributed by atoms with Crippen molar-refractivity contribution in [2.45, 2.75) is 33.7 Å². The number of benzene rings is 1. The molecule has 124 valence electrons. The van der Waals surface area contributed by atoms with Gasteiger partial charge in [0.05, 0.1) is 19.3 Å². The molecular weight excluding hydrogens is 296 g/mol. The first-order valence-corrected chi connectivity index (χ1v) is 7.68. The summed E-state index contributed by atoms with van der Waals surface area (Å²) in [7, 11) is 0. The molecule has 2 rings (SSSR count). The molecule has 0 saturated heterocycles. The van der Waals surface area contributed by atoms with Crippen LogP contribution in [0.25, 0.3) is 0 Å². The molecule has 0 saturated carbocycles. The Hall–Kier alpha value is -2.50. The van der Waals surface area contributed by atoms with Crippen molar-refractivity contribution in [3.63, 3.8) is 0 Å². The average Bonchev–Trinajstić information content (AvgIpc) is 2.96. The molecule has 0 radical (unpaired) electrons. The summed E-state index contributed by atoms with van der Waals surface area (Å²) in [4.78, 5) is 12.1. The van der Waals surface area contributed by atoms with E-state index in [9.17, 15) is 4.79 Å². The van der Waals surface area contributed by atoms with Gasteiger partial charge >= 0.3 is 0 Å².